The molecule has 0 spiro atoms. The van der Waals surface area contributed by atoms with Crippen LogP contribution in [0.1, 0.15) is 19.7 Å². The van der Waals surface area contributed by atoms with Gasteiger partial charge in [-0.2, -0.15) is 0 Å². The molecule has 96 valence electrons. The van der Waals surface area contributed by atoms with Crippen LogP contribution in [-0.2, 0) is 6.54 Å². The van der Waals surface area contributed by atoms with E-state index in [1.807, 2.05) is 24.3 Å². The fourth-order valence-corrected chi connectivity index (χ4v) is 1.49. The van der Waals surface area contributed by atoms with Crippen LogP contribution in [0.25, 0.3) is 11.5 Å². The Morgan fingerprint density at radius 1 is 1.33 bits per heavy atom. The summed E-state index contributed by atoms with van der Waals surface area (Å²) in [5, 5.41) is 11.3. The van der Waals surface area contributed by atoms with Crippen LogP contribution in [0.3, 0.4) is 0 Å². The van der Waals surface area contributed by atoms with Crippen LogP contribution in [0.4, 0.5) is 0 Å². The van der Waals surface area contributed by atoms with Gasteiger partial charge in [0.15, 0.2) is 0 Å². The molecule has 0 aliphatic carbocycles. The summed E-state index contributed by atoms with van der Waals surface area (Å²) in [6.07, 6.45) is 0. The Balaban J connectivity index is 2.13. The number of hydrogen-bond acceptors (Lipinski definition) is 5. The highest BCUT2D eigenvalue weighted by Gasteiger charge is 2.09. The molecule has 0 aliphatic heterocycles. The Hall–Kier alpha value is -1.88. The second-order valence-electron chi connectivity index (χ2n) is 4.27. The number of benzene rings is 1. The molecule has 18 heavy (non-hydrogen) atoms. The lowest BCUT2D eigenvalue weighted by molar-refractivity contribution is 0.414. The van der Waals surface area contributed by atoms with Gasteiger partial charge in [0.1, 0.15) is 5.75 Å². The first-order valence-electron chi connectivity index (χ1n) is 5.89. The number of rotatable bonds is 5. The molecule has 1 N–H and O–H groups in total. The minimum atomic E-state index is 0.386. The van der Waals surface area contributed by atoms with Crippen molar-refractivity contribution in [3.05, 3.63) is 30.2 Å². The third kappa shape index (κ3) is 3.07. The van der Waals surface area contributed by atoms with Gasteiger partial charge < -0.3 is 14.5 Å². The first-order valence-corrected chi connectivity index (χ1v) is 5.89. The van der Waals surface area contributed by atoms with Crippen LogP contribution in [0.5, 0.6) is 5.75 Å². The van der Waals surface area contributed by atoms with E-state index in [0.717, 1.165) is 11.3 Å². The van der Waals surface area contributed by atoms with Crippen LogP contribution in [0.2, 0.25) is 0 Å². The largest absolute Gasteiger partial charge is 0.497 e. The molecule has 0 saturated heterocycles. The second-order valence-corrected chi connectivity index (χ2v) is 4.27. The number of methoxy groups -OCH3 is 1. The molecule has 0 radical (unpaired) electrons. The van der Waals surface area contributed by atoms with Gasteiger partial charge in [0, 0.05) is 11.6 Å². The van der Waals surface area contributed by atoms with Crippen LogP contribution >= 0.6 is 0 Å². The molecular weight excluding hydrogens is 230 g/mol. The maximum atomic E-state index is 5.58. The molecule has 0 unspecified atom stereocenters. The van der Waals surface area contributed by atoms with Gasteiger partial charge in [-0.1, -0.05) is 19.9 Å². The van der Waals surface area contributed by atoms with Gasteiger partial charge in [-0.15, -0.1) is 10.2 Å². The fraction of sp³-hybridized carbons (Fsp3) is 0.385. The van der Waals surface area contributed by atoms with Crippen molar-refractivity contribution in [2.75, 3.05) is 7.11 Å². The van der Waals surface area contributed by atoms with E-state index in [-0.39, 0.29) is 0 Å². The van der Waals surface area contributed by atoms with E-state index in [2.05, 4.69) is 29.4 Å². The Labute approximate surface area is 106 Å². The lowest BCUT2D eigenvalue weighted by atomic mass is 10.2. The van der Waals surface area contributed by atoms with Crippen LogP contribution in [0, 0.1) is 0 Å². The van der Waals surface area contributed by atoms with Crippen molar-refractivity contribution >= 4 is 0 Å². The van der Waals surface area contributed by atoms with Gasteiger partial charge >= 0.3 is 0 Å². The number of nitrogens with one attached hydrogen (secondary N) is 1. The molecule has 0 bridgehead atoms. The number of ether oxygens (including phenoxy) is 1. The average molecular weight is 247 g/mol. The maximum Gasteiger partial charge on any atom is 0.247 e. The lowest BCUT2D eigenvalue weighted by Crippen LogP contribution is -2.21. The summed E-state index contributed by atoms with van der Waals surface area (Å²) in [4.78, 5) is 0. The fourth-order valence-electron chi connectivity index (χ4n) is 1.49. The Morgan fingerprint density at radius 2 is 2.17 bits per heavy atom. The summed E-state index contributed by atoms with van der Waals surface area (Å²) in [7, 11) is 1.63. The third-order valence-corrected chi connectivity index (χ3v) is 2.45. The van der Waals surface area contributed by atoms with Gasteiger partial charge in [-0.3, -0.25) is 0 Å². The topological polar surface area (TPSA) is 60.2 Å². The SMILES string of the molecule is COc1cccc(-c2nnc(CNC(C)C)o2)c1. The zero-order valence-electron chi connectivity index (χ0n) is 10.8. The summed E-state index contributed by atoms with van der Waals surface area (Å²) in [6.45, 7) is 4.72. The molecule has 5 nitrogen and oxygen atoms in total. The van der Waals surface area contributed by atoms with E-state index in [1.165, 1.54) is 0 Å². The van der Waals surface area contributed by atoms with E-state index >= 15 is 0 Å². The first-order chi connectivity index (χ1) is 8.69. The summed E-state index contributed by atoms with van der Waals surface area (Å²) < 4.78 is 10.7. The molecule has 0 fully saturated rings. The molecule has 5 heteroatoms. The number of nitrogens with zero attached hydrogens (tertiary/aromatic N) is 2. The quantitative estimate of drug-likeness (QED) is 0.878. The van der Waals surface area contributed by atoms with Gasteiger partial charge in [0.25, 0.3) is 0 Å². The van der Waals surface area contributed by atoms with E-state index in [4.69, 9.17) is 9.15 Å². The predicted molar refractivity (Wildman–Crippen MR) is 68.3 cm³/mol. The van der Waals surface area contributed by atoms with Gasteiger partial charge in [0.2, 0.25) is 11.8 Å². The molecule has 1 aromatic carbocycles. The van der Waals surface area contributed by atoms with Crippen molar-refractivity contribution in [3.63, 3.8) is 0 Å². The van der Waals surface area contributed by atoms with Crippen molar-refractivity contribution in [1.82, 2.24) is 15.5 Å². The summed E-state index contributed by atoms with van der Waals surface area (Å²) in [5.74, 6) is 1.86. The zero-order valence-corrected chi connectivity index (χ0v) is 10.8. The average Bonchev–Trinajstić information content (AvgIpc) is 2.85. The normalized spacial score (nSPS) is 10.9. The molecule has 1 aromatic heterocycles. The van der Waals surface area contributed by atoms with Crippen molar-refractivity contribution in [2.24, 2.45) is 0 Å². The van der Waals surface area contributed by atoms with E-state index in [9.17, 15) is 0 Å². The molecular formula is C13H17N3O2. The van der Waals surface area contributed by atoms with Crippen LogP contribution < -0.4 is 10.1 Å². The van der Waals surface area contributed by atoms with E-state index in [1.54, 1.807) is 7.11 Å². The molecule has 2 rings (SSSR count). The summed E-state index contributed by atoms with van der Waals surface area (Å²) in [5.41, 5.74) is 0.859. The third-order valence-electron chi connectivity index (χ3n) is 2.45. The molecule has 1 heterocycles. The number of aromatic nitrogens is 2. The summed E-state index contributed by atoms with van der Waals surface area (Å²) in [6, 6.07) is 7.94. The minimum Gasteiger partial charge on any atom is -0.497 e. The summed E-state index contributed by atoms with van der Waals surface area (Å²) >= 11 is 0. The highest BCUT2D eigenvalue weighted by Crippen LogP contribution is 2.22. The Kier molecular flexibility index (Phi) is 3.94. The molecule has 0 aliphatic rings. The van der Waals surface area contributed by atoms with Crippen molar-refractivity contribution < 1.29 is 9.15 Å². The lowest BCUT2D eigenvalue weighted by Gasteiger charge is -2.03. The molecule has 0 saturated carbocycles. The van der Waals surface area contributed by atoms with Crippen molar-refractivity contribution in [3.8, 4) is 17.2 Å². The molecule has 0 amide bonds. The minimum absolute atomic E-state index is 0.386. The standard InChI is InChI=1S/C13H17N3O2/c1-9(2)14-8-12-15-16-13(18-12)10-5-4-6-11(7-10)17-3/h4-7,9,14H,8H2,1-3H3. The zero-order chi connectivity index (χ0) is 13.0. The van der Waals surface area contributed by atoms with Gasteiger partial charge in [0.05, 0.1) is 13.7 Å². The van der Waals surface area contributed by atoms with Crippen molar-refractivity contribution in [2.45, 2.75) is 26.4 Å². The maximum absolute atomic E-state index is 5.58. The Bertz CT molecular complexity index is 508. The highest BCUT2D eigenvalue weighted by molar-refractivity contribution is 5.55. The smallest absolute Gasteiger partial charge is 0.247 e. The van der Waals surface area contributed by atoms with Crippen LogP contribution in [-0.4, -0.2) is 23.3 Å². The van der Waals surface area contributed by atoms with Crippen LogP contribution in [0.15, 0.2) is 28.7 Å². The highest BCUT2D eigenvalue weighted by atomic mass is 16.5. The molecule has 0 atom stereocenters. The van der Waals surface area contributed by atoms with Crippen molar-refractivity contribution in [1.29, 1.82) is 0 Å². The second kappa shape index (κ2) is 5.64. The molecule has 2 aromatic rings. The van der Waals surface area contributed by atoms with Gasteiger partial charge in [-0.25, -0.2) is 0 Å². The van der Waals surface area contributed by atoms with E-state index in [0.29, 0.717) is 24.4 Å². The Morgan fingerprint density at radius 3 is 2.89 bits per heavy atom. The number of hydrogen-bond donors (Lipinski definition) is 1. The van der Waals surface area contributed by atoms with E-state index < -0.39 is 0 Å². The first kappa shape index (κ1) is 12.6. The monoisotopic (exact) mass is 247 g/mol. The van der Waals surface area contributed by atoms with Gasteiger partial charge in [-0.05, 0) is 18.2 Å². The predicted octanol–water partition coefficient (Wildman–Crippen LogP) is 2.24.